The SMILES string of the molecule is CN1C2CCC1CC(NC(=O)c1cc(COc3ccc(F)cc3F)cs1)C2. The molecule has 1 N–H and O–H groups in total. The fraction of sp³-hybridized carbons (Fsp3) is 0.450. The van der Waals surface area contributed by atoms with Gasteiger partial charge in [0.15, 0.2) is 11.6 Å². The Morgan fingerprint density at radius 2 is 2.00 bits per heavy atom. The summed E-state index contributed by atoms with van der Waals surface area (Å²) in [4.78, 5) is 15.6. The lowest BCUT2D eigenvalue weighted by Crippen LogP contribution is -2.48. The zero-order valence-corrected chi connectivity index (χ0v) is 15.9. The number of nitrogens with one attached hydrogen (secondary N) is 1. The summed E-state index contributed by atoms with van der Waals surface area (Å²) in [5.74, 6) is -1.44. The lowest BCUT2D eigenvalue weighted by atomic mass is 9.98. The Morgan fingerprint density at radius 3 is 2.70 bits per heavy atom. The maximum absolute atomic E-state index is 13.6. The summed E-state index contributed by atoms with van der Waals surface area (Å²) >= 11 is 1.35. The van der Waals surface area contributed by atoms with E-state index in [1.54, 1.807) is 6.07 Å². The van der Waals surface area contributed by atoms with Crippen LogP contribution in [0.2, 0.25) is 0 Å². The van der Waals surface area contributed by atoms with Gasteiger partial charge >= 0.3 is 0 Å². The first-order chi connectivity index (χ1) is 13.0. The number of nitrogens with zero attached hydrogens (tertiary/aromatic N) is 1. The van der Waals surface area contributed by atoms with Gasteiger partial charge in [0.1, 0.15) is 12.4 Å². The van der Waals surface area contributed by atoms with Crippen LogP contribution < -0.4 is 10.1 Å². The summed E-state index contributed by atoms with van der Waals surface area (Å²) in [6, 6.07) is 6.35. The van der Waals surface area contributed by atoms with E-state index in [-0.39, 0.29) is 24.3 Å². The van der Waals surface area contributed by atoms with E-state index >= 15 is 0 Å². The van der Waals surface area contributed by atoms with Crippen LogP contribution >= 0.6 is 11.3 Å². The second-order valence-electron chi connectivity index (χ2n) is 7.37. The molecule has 2 atom stereocenters. The Hall–Kier alpha value is -1.99. The number of fused-ring (bicyclic) bond motifs is 2. The van der Waals surface area contributed by atoms with Crippen molar-refractivity contribution in [1.82, 2.24) is 10.2 Å². The molecule has 2 aliphatic heterocycles. The zero-order chi connectivity index (χ0) is 19.0. The summed E-state index contributed by atoms with van der Waals surface area (Å²) in [6.45, 7) is 0.130. The fourth-order valence-electron chi connectivity index (χ4n) is 4.11. The summed E-state index contributed by atoms with van der Waals surface area (Å²) in [7, 11) is 2.18. The highest BCUT2D eigenvalue weighted by Gasteiger charge is 2.38. The van der Waals surface area contributed by atoms with Crippen molar-refractivity contribution < 1.29 is 18.3 Å². The fourth-order valence-corrected chi connectivity index (χ4v) is 4.91. The first kappa shape index (κ1) is 18.4. The molecule has 2 fully saturated rings. The Balaban J connectivity index is 1.33. The van der Waals surface area contributed by atoms with Crippen LogP contribution in [0.1, 0.15) is 40.9 Å². The summed E-state index contributed by atoms with van der Waals surface area (Å²) in [5.41, 5.74) is 0.789. The molecule has 2 bridgehead atoms. The molecule has 0 spiro atoms. The minimum atomic E-state index is -0.736. The first-order valence-corrected chi connectivity index (χ1v) is 10.1. The molecule has 2 aliphatic rings. The maximum Gasteiger partial charge on any atom is 0.261 e. The molecule has 4 nitrogen and oxygen atoms in total. The van der Waals surface area contributed by atoms with E-state index in [2.05, 4.69) is 17.3 Å². The molecule has 2 aromatic rings. The van der Waals surface area contributed by atoms with Crippen LogP contribution in [-0.4, -0.2) is 36.0 Å². The summed E-state index contributed by atoms with van der Waals surface area (Å²) < 4.78 is 31.9. The number of hydrogen-bond acceptors (Lipinski definition) is 4. The third-order valence-corrected chi connectivity index (χ3v) is 6.58. The second-order valence-corrected chi connectivity index (χ2v) is 8.29. The number of carbonyl (C=O) groups is 1. The molecule has 1 amide bonds. The quantitative estimate of drug-likeness (QED) is 0.838. The number of carbonyl (C=O) groups excluding carboxylic acids is 1. The number of rotatable bonds is 5. The van der Waals surface area contributed by atoms with E-state index in [9.17, 15) is 13.6 Å². The van der Waals surface area contributed by atoms with E-state index in [0.717, 1.165) is 30.5 Å². The predicted octanol–water partition coefficient (Wildman–Crippen LogP) is 3.96. The van der Waals surface area contributed by atoms with E-state index in [1.165, 1.54) is 30.2 Å². The minimum absolute atomic E-state index is 0.00426. The van der Waals surface area contributed by atoms with Crippen LogP contribution in [0.3, 0.4) is 0 Å². The molecule has 144 valence electrons. The van der Waals surface area contributed by atoms with Gasteiger partial charge in [-0.05, 0) is 56.3 Å². The maximum atomic E-state index is 13.6. The summed E-state index contributed by atoms with van der Waals surface area (Å²) in [5, 5.41) is 4.99. The van der Waals surface area contributed by atoms with Crippen LogP contribution in [0.25, 0.3) is 0 Å². The van der Waals surface area contributed by atoms with Gasteiger partial charge < -0.3 is 15.0 Å². The number of benzene rings is 1. The van der Waals surface area contributed by atoms with Gasteiger partial charge in [0.25, 0.3) is 5.91 Å². The smallest absolute Gasteiger partial charge is 0.261 e. The monoisotopic (exact) mass is 392 g/mol. The predicted molar refractivity (Wildman–Crippen MR) is 100 cm³/mol. The van der Waals surface area contributed by atoms with Crippen molar-refractivity contribution in [1.29, 1.82) is 0 Å². The molecule has 3 heterocycles. The standard InChI is InChI=1S/C20H22F2N2O2S/c1-24-15-3-4-16(24)9-14(8-15)23-20(25)19-6-12(11-27-19)10-26-18-5-2-13(21)7-17(18)22/h2,5-7,11,14-16H,3-4,8-10H2,1H3,(H,23,25). The van der Waals surface area contributed by atoms with E-state index in [4.69, 9.17) is 4.74 Å². The molecule has 1 aromatic carbocycles. The van der Waals surface area contributed by atoms with Crippen molar-refractivity contribution in [2.24, 2.45) is 0 Å². The zero-order valence-electron chi connectivity index (χ0n) is 15.1. The van der Waals surface area contributed by atoms with Crippen molar-refractivity contribution in [3.8, 4) is 5.75 Å². The van der Waals surface area contributed by atoms with Gasteiger partial charge in [-0.15, -0.1) is 11.3 Å². The second kappa shape index (κ2) is 7.56. The minimum Gasteiger partial charge on any atom is -0.486 e. The molecule has 2 unspecified atom stereocenters. The number of hydrogen-bond donors (Lipinski definition) is 1. The number of ether oxygens (including phenoxy) is 1. The van der Waals surface area contributed by atoms with Gasteiger partial charge in [0.05, 0.1) is 4.88 Å². The van der Waals surface area contributed by atoms with Gasteiger partial charge in [0, 0.05) is 29.8 Å². The van der Waals surface area contributed by atoms with E-state index in [1.807, 2.05) is 5.38 Å². The third-order valence-electron chi connectivity index (χ3n) is 5.60. The third kappa shape index (κ3) is 3.99. The number of amides is 1. The average molecular weight is 392 g/mol. The van der Waals surface area contributed by atoms with Crippen molar-refractivity contribution in [3.63, 3.8) is 0 Å². The van der Waals surface area contributed by atoms with Gasteiger partial charge in [0.2, 0.25) is 0 Å². The summed E-state index contributed by atoms with van der Waals surface area (Å²) in [6.07, 6.45) is 4.44. The van der Waals surface area contributed by atoms with Gasteiger partial charge in [-0.1, -0.05) is 0 Å². The lowest BCUT2D eigenvalue weighted by Gasteiger charge is -2.36. The molecule has 0 radical (unpaired) electrons. The molecule has 1 aromatic heterocycles. The Morgan fingerprint density at radius 1 is 1.26 bits per heavy atom. The topological polar surface area (TPSA) is 41.6 Å². The molecular formula is C20H22F2N2O2S. The van der Waals surface area contributed by atoms with E-state index in [0.29, 0.717) is 17.0 Å². The largest absolute Gasteiger partial charge is 0.486 e. The molecule has 4 rings (SSSR count). The Bertz CT molecular complexity index is 827. The number of thiophene rings is 1. The van der Waals surface area contributed by atoms with Gasteiger partial charge in [-0.2, -0.15) is 0 Å². The number of piperidine rings is 1. The van der Waals surface area contributed by atoms with Crippen LogP contribution in [-0.2, 0) is 6.61 Å². The first-order valence-electron chi connectivity index (χ1n) is 9.17. The highest BCUT2D eigenvalue weighted by Crippen LogP contribution is 2.34. The lowest BCUT2D eigenvalue weighted by molar-refractivity contribution is 0.0886. The highest BCUT2D eigenvalue weighted by atomic mass is 32.1. The molecule has 0 saturated carbocycles. The average Bonchev–Trinajstić information content (AvgIpc) is 3.16. The number of halogens is 2. The van der Waals surface area contributed by atoms with Crippen LogP contribution in [0.15, 0.2) is 29.6 Å². The normalized spacial score (nSPS) is 24.8. The van der Waals surface area contributed by atoms with Crippen molar-refractivity contribution in [2.75, 3.05) is 7.05 Å². The molecule has 2 saturated heterocycles. The molecule has 7 heteroatoms. The molecular weight excluding hydrogens is 370 g/mol. The highest BCUT2D eigenvalue weighted by molar-refractivity contribution is 7.12. The van der Waals surface area contributed by atoms with Gasteiger partial charge in [-0.3, -0.25) is 4.79 Å². The Kier molecular flexibility index (Phi) is 5.14. The van der Waals surface area contributed by atoms with Crippen molar-refractivity contribution in [2.45, 2.75) is 50.4 Å². The van der Waals surface area contributed by atoms with Crippen molar-refractivity contribution >= 4 is 17.2 Å². The molecule has 0 aliphatic carbocycles. The molecule has 27 heavy (non-hydrogen) atoms. The van der Waals surface area contributed by atoms with Crippen LogP contribution in [0, 0.1) is 11.6 Å². The van der Waals surface area contributed by atoms with Crippen LogP contribution in [0.5, 0.6) is 5.75 Å². The van der Waals surface area contributed by atoms with Gasteiger partial charge in [-0.25, -0.2) is 8.78 Å². The van der Waals surface area contributed by atoms with Crippen LogP contribution in [0.4, 0.5) is 8.78 Å². The van der Waals surface area contributed by atoms with E-state index < -0.39 is 11.6 Å². The Labute approximate surface area is 161 Å². The van der Waals surface area contributed by atoms with Crippen molar-refractivity contribution in [3.05, 3.63) is 51.7 Å².